The van der Waals surface area contributed by atoms with Crippen LogP contribution in [0.2, 0.25) is 0 Å². The van der Waals surface area contributed by atoms with Crippen LogP contribution in [0.5, 0.6) is 0 Å². The molecule has 106 valence electrons. The molecule has 0 saturated carbocycles. The average Bonchev–Trinajstić information content (AvgIpc) is 3.16. The summed E-state index contributed by atoms with van der Waals surface area (Å²) in [6, 6.07) is 9.30. The lowest BCUT2D eigenvalue weighted by atomic mass is 10.2. The van der Waals surface area contributed by atoms with Crippen LogP contribution in [0.4, 0.5) is 5.69 Å². The smallest absolute Gasteiger partial charge is 0.103 e. The van der Waals surface area contributed by atoms with E-state index in [1.165, 1.54) is 32.4 Å². The Bertz CT molecular complexity index is 517. The number of hydrogen-bond acceptors (Lipinski definition) is 4. The molecule has 2 heterocycles. The van der Waals surface area contributed by atoms with E-state index in [0.717, 1.165) is 29.2 Å². The van der Waals surface area contributed by atoms with Gasteiger partial charge in [0.15, 0.2) is 0 Å². The van der Waals surface area contributed by atoms with Crippen LogP contribution in [0.3, 0.4) is 0 Å². The van der Waals surface area contributed by atoms with E-state index in [4.69, 9.17) is 0 Å². The minimum Gasteiger partial charge on any atom is -0.369 e. The van der Waals surface area contributed by atoms with Gasteiger partial charge in [-0.05, 0) is 50.7 Å². The van der Waals surface area contributed by atoms with Gasteiger partial charge in [0, 0.05) is 24.0 Å². The van der Waals surface area contributed by atoms with Crippen molar-refractivity contribution in [3.05, 3.63) is 23.8 Å². The van der Waals surface area contributed by atoms with Gasteiger partial charge in [0.1, 0.15) is 6.07 Å². The van der Waals surface area contributed by atoms with Crippen molar-refractivity contribution in [2.75, 3.05) is 37.3 Å². The molecule has 20 heavy (non-hydrogen) atoms. The summed E-state index contributed by atoms with van der Waals surface area (Å²) in [4.78, 5) is 6.13. The van der Waals surface area contributed by atoms with E-state index in [-0.39, 0.29) is 0 Å². The Morgan fingerprint density at radius 2 is 2.05 bits per heavy atom. The summed E-state index contributed by atoms with van der Waals surface area (Å²) in [5, 5.41) is 9.47. The lowest BCUT2D eigenvalue weighted by Crippen LogP contribution is -2.35. The lowest BCUT2D eigenvalue weighted by molar-refractivity contribution is 0.260. The van der Waals surface area contributed by atoms with E-state index in [0.29, 0.717) is 6.04 Å². The number of rotatable bonds is 3. The van der Waals surface area contributed by atoms with Crippen molar-refractivity contribution in [3.8, 4) is 6.07 Å². The Morgan fingerprint density at radius 3 is 2.75 bits per heavy atom. The summed E-state index contributed by atoms with van der Waals surface area (Å²) in [5.74, 6) is 0. The van der Waals surface area contributed by atoms with Gasteiger partial charge in [-0.3, -0.25) is 4.90 Å². The summed E-state index contributed by atoms with van der Waals surface area (Å²) >= 11 is 1.66. The summed E-state index contributed by atoms with van der Waals surface area (Å²) in [6.45, 7) is 4.67. The number of hydrogen-bond donors (Lipinski definition) is 0. The van der Waals surface area contributed by atoms with Crippen LogP contribution in [0, 0.1) is 11.3 Å². The third-order valence-electron chi connectivity index (χ3n) is 4.50. The average molecular weight is 287 g/mol. The molecule has 3 nitrogen and oxygen atoms in total. The zero-order chi connectivity index (χ0) is 13.9. The molecular weight excluding hydrogens is 266 g/mol. The standard InChI is InChI=1S/C16H21N3S/c1-20-16-6-4-5-15(14(16)11-17)19-10-7-13(12-19)18-8-2-3-9-18/h4-6,13H,2-3,7-10,12H2,1H3. The van der Waals surface area contributed by atoms with E-state index in [1.807, 2.05) is 12.3 Å². The van der Waals surface area contributed by atoms with Crippen molar-refractivity contribution in [2.45, 2.75) is 30.2 Å². The first kappa shape index (κ1) is 13.8. The molecule has 2 aliphatic rings. The largest absolute Gasteiger partial charge is 0.369 e. The quantitative estimate of drug-likeness (QED) is 0.800. The van der Waals surface area contributed by atoms with Crippen molar-refractivity contribution in [1.29, 1.82) is 5.26 Å². The molecule has 2 aliphatic heterocycles. The monoisotopic (exact) mass is 287 g/mol. The fourth-order valence-corrected chi connectivity index (χ4v) is 4.00. The zero-order valence-electron chi connectivity index (χ0n) is 12.0. The van der Waals surface area contributed by atoms with Gasteiger partial charge >= 0.3 is 0 Å². The second-order valence-corrected chi connectivity index (χ2v) is 6.45. The molecule has 1 aromatic rings. The van der Waals surface area contributed by atoms with Crippen molar-refractivity contribution < 1.29 is 0 Å². The Morgan fingerprint density at radius 1 is 1.25 bits per heavy atom. The first-order valence-corrected chi connectivity index (χ1v) is 8.62. The van der Waals surface area contributed by atoms with Crippen LogP contribution in [0.15, 0.2) is 23.1 Å². The third kappa shape index (κ3) is 2.53. The SMILES string of the molecule is CSc1cccc(N2CCC(N3CCCC3)C2)c1C#N. The maximum atomic E-state index is 9.47. The first-order chi connectivity index (χ1) is 9.83. The van der Waals surface area contributed by atoms with Crippen LogP contribution in [-0.4, -0.2) is 43.4 Å². The molecule has 0 radical (unpaired) electrons. The van der Waals surface area contributed by atoms with Gasteiger partial charge in [-0.25, -0.2) is 0 Å². The topological polar surface area (TPSA) is 30.3 Å². The van der Waals surface area contributed by atoms with Crippen LogP contribution < -0.4 is 4.90 Å². The first-order valence-electron chi connectivity index (χ1n) is 7.39. The molecular formula is C16H21N3S. The molecule has 0 aliphatic carbocycles. The van der Waals surface area contributed by atoms with E-state index in [9.17, 15) is 5.26 Å². The molecule has 1 unspecified atom stereocenters. The van der Waals surface area contributed by atoms with Crippen LogP contribution >= 0.6 is 11.8 Å². The highest BCUT2D eigenvalue weighted by molar-refractivity contribution is 7.98. The number of thioether (sulfide) groups is 1. The van der Waals surface area contributed by atoms with Gasteiger partial charge in [-0.15, -0.1) is 11.8 Å². The molecule has 0 spiro atoms. The van der Waals surface area contributed by atoms with Crippen molar-refractivity contribution in [3.63, 3.8) is 0 Å². The highest BCUT2D eigenvalue weighted by atomic mass is 32.2. The molecule has 0 aromatic heterocycles. The van der Waals surface area contributed by atoms with Crippen LogP contribution in [-0.2, 0) is 0 Å². The Labute approximate surface area is 125 Å². The number of likely N-dealkylation sites (tertiary alicyclic amines) is 1. The predicted molar refractivity (Wildman–Crippen MR) is 84.4 cm³/mol. The van der Waals surface area contributed by atoms with Gasteiger partial charge in [-0.1, -0.05) is 6.07 Å². The summed E-state index contributed by atoms with van der Waals surface area (Å²) in [5.41, 5.74) is 1.98. The molecule has 1 atom stereocenters. The number of benzene rings is 1. The Hall–Kier alpha value is -1.18. The number of nitriles is 1. The van der Waals surface area contributed by atoms with Gasteiger partial charge in [0.05, 0.1) is 11.3 Å². The van der Waals surface area contributed by atoms with Crippen molar-refractivity contribution in [1.82, 2.24) is 4.90 Å². The van der Waals surface area contributed by atoms with Gasteiger partial charge in [0.25, 0.3) is 0 Å². The predicted octanol–water partition coefficient (Wildman–Crippen LogP) is 2.95. The lowest BCUT2D eigenvalue weighted by Gasteiger charge is -2.25. The summed E-state index contributed by atoms with van der Waals surface area (Å²) in [7, 11) is 0. The second-order valence-electron chi connectivity index (χ2n) is 5.60. The molecule has 2 fully saturated rings. The maximum Gasteiger partial charge on any atom is 0.103 e. The fraction of sp³-hybridized carbons (Fsp3) is 0.562. The second kappa shape index (κ2) is 6.07. The molecule has 0 bridgehead atoms. The van der Waals surface area contributed by atoms with E-state index < -0.39 is 0 Å². The van der Waals surface area contributed by atoms with Crippen molar-refractivity contribution >= 4 is 17.4 Å². The highest BCUT2D eigenvalue weighted by Crippen LogP contribution is 2.32. The van der Waals surface area contributed by atoms with E-state index >= 15 is 0 Å². The number of anilines is 1. The normalized spacial score (nSPS) is 23.2. The summed E-state index contributed by atoms with van der Waals surface area (Å²) < 4.78 is 0. The third-order valence-corrected chi connectivity index (χ3v) is 5.28. The Kier molecular flexibility index (Phi) is 4.18. The fourth-order valence-electron chi connectivity index (χ4n) is 3.43. The number of nitrogens with zero attached hydrogens (tertiary/aromatic N) is 3. The molecule has 0 N–H and O–H groups in total. The van der Waals surface area contributed by atoms with Gasteiger partial charge in [0.2, 0.25) is 0 Å². The Balaban J connectivity index is 1.79. The van der Waals surface area contributed by atoms with E-state index in [2.05, 4.69) is 28.0 Å². The summed E-state index contributed by atoms with van der Waals surface area (Å²) in [6.07, 6.45) is 5.97. The van der Waals surface area contributed by atoms with Crippen LogP contribution in [0.1, 0.15) is 24.8 Å². The zero-order valence-corrected chi connectivity index (χ0v) is 12.8. The minimum absolute atomic E-state index is 0.682. The maximum absolute atomic E-state index is 9.47. The van der Waals surface area contributed by atoms with Gasteiger partial charge in [-0.2, -0.15) is 5.26 Å². The molecule has 2 saturated heterocycles. The molecule has 1 aromatic carbocycles. The minimum atomic E-state index is 0.682. The van der Waals surface area contributed by atoms with E-state index in [1.54, 1.807) is 11.8 Å². The van der Waals surface area contributed by atoms with Gasteiger partial charge < -0.3 is 4.90 Å². The molecule has 3 rings (SSSR count). The molecule has 4 heteroatoms. The van der Waals surface area contributed by atoms with Crippen molar-refractivity contribution in [2.24, 2.45) is 0 Å². The van der Waals surface area contributed by atoms with Crippen LogP contribution in [0.25, 0.3) is 0 Å². The highest BCUT2D eigenvalue weighted by Gasteiger charge is 2.30. The molecule has 0 amide bonds.